The molecule has 0 spiro atoms. The summed E-state index contributed by atoms with van der Waals surface area (Å²) in [5.74, 6) is -0.728. The lowest BCUT2D eigenvalue weighted by Crippen LogP contribution is -2.63. The van der Waals surface area contributed by atoms with Crippen LogP contribution in [0.15, 0.2) is 6.07 Å². The van der Waals surface area contributed by atoms with E-state index in [1.807, 2.05) is 0 Å². The van der Waals surface area contributed by atoms with E-state index < -0.39 is 5.54 Å². The Morgan fingerprint density at radius 1 is 1.12 bits per heavy atom. The Balaban J connectivity index is 1.36. The molecule has 2 aliphatic heterocycles. The molecular formula is C24H38N6O3. The van der Waals surface area contributed by atoms with Crippen molar-refractivity contribution in [3.05, 3.63) is 17.5 Å². The third kappa shape index (κ3) is 5.23. The molecule has 2 fully saturated rings. The van der Waals surface area contributed by atoms with Crippen LogP contribution < -0.4 is 10.6 Å². The maximum Gasteiger partial charge on any atom is 0.272 e. The second-order valence-corrected chi connectivity index (χ2v) is 10.0. The molecule has 1 aromatic rings. The largest absolute Gasteiger partial charge is 0.351 e. The van der Waals surface area contributed by atoms with Crippen LogP contribution in [0, 0.1) is 0 Å². The smallest absolute Gasteiger partial charge is 0.272 e. The topological polar surface area (TPSA) is 99.6 Å². The fourth-order valence-corrected chi connectivity index (χ4v) is 5.20. The molecule has 9 nitrogen and oxygen atoms in total. The Hall–Kier alpha value is -2.42. The molecule has 1 saturated heterocycles. The summed E-state index contributed by atoms with van der Waals surface area (Å²) in [5, 5.41) is 10.5. The van der Waals surface area contributed by atoms with Crippen molar-refractivity contribution in [2.24, 2.45) is 0 Å². The SMILES string of the molecule is CN1C(=O)c2cc(C(=O)NCCCN3CCCCC3)nn2C[C@@]1(C)C(=O)NC1CCCCC1. The molecule has 3 aliphatic rings. The number of likely N-dealkylation sites (N-methyl/N-ethyl adjacent to an activating group) is 1. The van der Waals surface area contributed by atoms with E-state index in [0.29, 0.717) is 12.2 Å². The van der Waals surface area contributed by atoms with Crippen molar-refractivity contribution in [2.75, 3.05) is 33.2 Å². The van der Waals surface area contributed by atoms with Gasteiger partial charge in [-0.2, -0.15) is 5.10 Å². The van der Waals surface area contributed by atoms with Gasteiger partial charge in [0.2, 0.25) is 5.91 Å². The van der Waals surface area contributed by atoms with Crippen LogP contribution >= 0.6 is 0 Å². The maximum atomic E-state index is 13.2. The molecule has 1 saturated carbocycles. The summed E-state index contributed by atoms with van der Waals surface area (Å²) in [6.07, 6.45) is 10.1. The average molecular weight is 459 g/mol. The van der Waals surface area contributed by atoms with E-state index in [2.05, 4.69) is 20.6 Å². The highest BCUT2D eigenvalue weighted by Gasteiger charge is 2.46. The number of likely N-dealkylation sites (tertiary alicyclic amines) is 1. The zero-order valence-electron chi connectivity index (χ0n) is 20.1. The van der Waals surface area contributed by atoms with Crippen LogP contribution in [0.25, 0.3) is 0 Å². The number of carbonyl (C=O) groups is 3. The van der Waals surface area contributed by atoms with Crippen molar-refractivity contribution < 1.29 is 14.4 Å². The highest BCUT2D eigenvalue weighted by atomic mass is 16.2. The minimum Gasteiger partial charge on any atom is -0.351 e. The maximum absolute atomic E-state index is 13.2. The lowest BCUT2D eigenvalue weighted by Gasteiger charge is -2.41. The van der Waals surface area contributed by atoms with Crippen molar-refractivity contribution in [3.63, 3.8) is 0 Å². The standard InChI is InChI=1S/C24H38N6O3/c1-24(23(33)26-18-10-5-3-6-11-18)17-30-20(22(32)28(24)2)16-19(27-30)21(31)25-12-9-15-29-13-7-4-8-14-29/h16,18H,3-15,17H2,1-2H3,(H,25,31)(H,26,33)/t24-/m0/s1. The van der Waals surface area contributed by atoms with Crippen molar-refractivity contribution in [1.82, 2.24) is 30.2 Å². The van der Waals surface area contributed by atoms with Crippen LogP contribution in [0.1, 0.15) is 85.7 Å². The number of hydrogen-bond donors (Lipinski definition) is 2. The Morgan fingerprint density at radius 3 is 2.55 bits per heavy atom. The summed E-state index contributed by atoms with van der Waals surface area (Å²) in [7, 11) is 1.65. The first kappa shape index (κ1) is 23.7. The van der Waals surface area contributed by atoms with E-state index in [-0.39, 0.29) is 36.0 Å². The first-order chi connectivity index (χ1) is 15.9. The van der Waals surface area contributed by atoms with Gasteiger partial charge in [0.05, 0.1) is 6.54 Å². The third-order valence-electron chi connectivity index (χ3n) is 7.55. The van der Waals surface area contributed by atoms with Gasteiger partial charge >= 0.3 is 0 Å². The van der Waals surface area contributed by atoms with E-state index in [1.54, 1.807) is 14.0 Å². The lowest BCUT2D eigenvalue weighted by atomic mass is 9.92. The van der Waals surface area contributed by atoms with Gasteiger partial charge < -0.3 is 20.4 Å². The second-order valence-electron chi connectivity index (χ2n) is 10.0. The fourth-order valence-electron chi connectivity index (χ4n) is 5.20. The van der Waals surface area contributed by atoms with Gasteiger partial charge in [0.1, 0.15) is 11.2 Å². The Labute approximate surface area is 196 Å². The van der Waals surface area contributed by atoms with Gasteiger partial charge in [-0.25, -0.2) is 0 Å². The molecule has 0 aromatic carbocycles. The summed E-state index contributed by atoms with van der Waals surface area (Å²) < 4.78 is 1.52. The first-order valence-electron chi connectivity index (χ1n) is 12.6. The average Bonchev–Trinajstić information content (AvgIpc) is 3.25. The minimum absolute atomic E-state index is 0.157. The highest BCUT2D eigenvalue weighted by Crippen LogP contribution is 2.27. The van der Waals surface area contributed by atoms with Gasteiger partial charge in [-0.3, -0.25) is 19.1 Å². The summed E-state index contributed by atoms with van der Waals surface area (Å²) in [6, 6.07) is 1.70. The summed E-state index contributed by atoms with van der Waals surface area (Å²) in [4.78, 5) is 42.8. The molecule has 33 heavy (non-hydrogen) atoms. The number of hydrogen-bond acceptors (Lipinski definition) is 5. The summed E-state index contributed by atoms with van der Waals surface area (Å²) in [6.45, 7) is 5.85. The number of aromatic nitrogens is 2. The van der Waals surface area contributed by atoms with Gasteiger partial charge in [-0.05, 0) is 58.7 Å². The number of rotatable bonds is 7. The van der Waals surface area contributed by atoms with Gasteiger partial charge in [-0.1, -0.05) is 25.7 Å². The number of fused-ring (bicyclic) bond motifs is 1. The monoisotopic (exact) mass is 458 g/mol. The fraction of sp³-hybridized carbons (Fsp3) is 0.750. The normalized spacial score (nSPS) is 24.4. The first-order valence-corrected chi connectivity index (χ1v) is 12.6. The molecule has 2 N–H and O–H groups in total. The molecular weight excluding hydrogens is 420 g/mol. The lowest BCUT2D eigenvalue weighted by molar-refractivity contribution is -0.133. The number of piperidine rings is 1. The van der Waals surface area contributed by atoms with E-state index >= 15 is 0 Å². The van der Waals surface area contributed by atoms with Gasteiger partial charge in [0.15, 0.2) is 5.69 Å². The third-order valence-corrected chi connectivity index (χ3v) is 7.55. The predicted octanol–water partition coefficient (Wildman–Crippen LogP) is 1.78. The summed E-state index contributed by atoms with van der Waals surface area (Å²) in [5.41, 5.74) is -0.476. The van der Waals surface area contributed by atoms with Crippen molar-refractivity contribution >= 4 is 17.7 Å². The van der Waals surface area contributed by atoms with E-state index in [4.69, 9.17) is 0 Å². The zero-order valence-corrected chi connectivity index (χ0v) is 20.1. The molecule has 4 rings (SSSR count). The van der Waals surface area contributed by atoms with Crippen LogP contribution in [0.5, 0.6) is 0 Å². The van der Waals surface area contributed by atoms with Crippen molar-refractivity contribution in [3.8, 4) is 0 Å². The molecule has 0 bridgehead atoms. The van der Waals surface area contributed by atoms with Gasteiger partial charge in [-0.15, -0.1) is 0 Å². The molecule has 0 unspecified atom stereocenters. The summed E-state index contributed by atoms with van der Waals surface area (Å²) >= 11 is 0. The number of nitrogens with one attached hydrogen (secondary N) is 2. The van der Waals surface area contributed by atoms with Crippen LogP contribution in [-0.4, -0.2) is 82.1 Å². The van der Waals surface area contributed by atoms with E-state index in [1.165, 1.54) is 41.3 Å². The second kappa shape index (κ2) is 10.2. The van der Waals surface area contributed by atoms with Crippen LogP contribution in [0.4, 0.5) is 0 Å². The molecule has 3 amide bonds. The quantitative estimate of drug-likeness (QED) is 0.607. The van der Waals surface area contributed by atoms with Crippen molar-refractivity contribution in [1.29, 1.82) is 0 Å². The molecule has 182 valence electrons. The zero-order chi connectivity index (χ0) is 23.4. The Bertz CT molecular complexity index is 872. The van der Waals surface area contributed by atoms with Crippen LogP contribution in [0.2, 0.25) is 0 Å². The minimum atomic E-state index is -1.05. The van der Waals surface area contributed by atoms with Crippen LogP contribution in [-0.2, 0) is 11.3 Å². The molecule has 3 heterocycles. The number of amides is 3. The molecule has 0 radical (unpaired) electrons. The molecule has 1 atom stereocenters. The molecule has 9 heteroatoms. The molecule has 1 aliphatic carbocycles. The number of carbonyl (C=O) groups excluding carboxylic acids is 3. The van der Waals surface area contributed by atoms with Crippen LogP contribution in [0.3, 0.4) is 0 Å². The van der Waals surface area contributed by atoms with E-state index in [9.17, 15) is 14.4 Å². The van der Waals surface area contributed by atoms with Crippen molar-refractivity contribution in [2.45, 2.75) is 82.8 Å². The number of nitrogens with zero attached hydrogens (tertiary/aromatic N) is 4. The van der Waals surface area contributed by atoms with E-state index in [0.717, 1.165) is 51.7 Å². The van der Waals surface area contributed by atoms with Gasteiger partial charge in [0, 0.05) is 25.7 Å². The highest BCUT2D eigenvalue weighted by molar-refractivity contribution is 6.01. The Morgan fingerprint density at radius 2 is 1.82 bits per heavy atom. The Kier molecular flexibility index (Phi) is 7.36. The predicted molar refractivity (Wildman–Crippen MR) is 125 cm³/mol. The van der Waals surface area contributed by atoms with Gasteiger partial charge in [0.25, 0.3) is 11.8 Å². The molecule has 1 aromatic heterocycles.